The van der Waals surface area contributed by atoms with Gasteiger partial charge in [0.25, 0.3) is 0 Å². The smallest absolute Gasteiger partial charge is 0.240 e. The van der Waals surface area contributed by atoms with Gasteiger partial charge in [-0.05, 0) is 40.2 Å². The summed E-state index contributed by atoms with van der Waals surface area (Å²) >= 11 is 3.48. The second kappa shape index (κ2) is 8.52. The molecule has 0 amide bonds. The summed E-state index contributed by atoms with van der Waals surface area (Å²) in [6, 6.07) is 18.0. The molecule has 0 aliphatic heterocycles. The number of sulfonamides is 1. The lowest BCUT2D eigenvalue weighted by atomic mass is 10.1. The van der Waals surface area contributed by atoms with Crippen molar-refractivity contribution >= 4 is 43.1 Å². The van der Waals surface area contributed by atoms with Crippen LogP contribution < -0.4 is 10.0 Å². The van der Waals surface area contributed by atoms with Crippen molar-refractivity contribution in [3.63, 3.8) is 0 Å². The number of hydrogen-bond acceptors (Lipinski definition) is 6. The molecule has 2 heterocycles. The van der Waals surface area contributed by atoms with Crippen molar-refractivity contribution in [3.8, 4) is 11.3 Å². The highest BCUT2D eigenvalue weighted by molar-refractivity contribution is 9.10. The molecular formula is C20H18BrN5O3S. The van der Waals surface area contributed by atoms with Gasteiger partial charge in [-0.25, -0.2) is 18.1 Å². The number of benzene rings is 2. The second-order valence-electron chi connectivity index (χ2n) is 6.39. The highest BCUT2D eigenvalue weighted by Gasteiger charge is 2.14. The highest BCUT2D eigenvalue weighted by atomic mass is 79.9. The Balaban J connectivity index is 1.68. The summed E-state index contributed by atoms with van der Waals surface area (Å²) in [7, 11) is -3.66. The molecule has 0 unspecified atom stereocenters. The maximum atomic E-state index is 12.2. The average molecular weight is 488 g/mol. The molecule has 4 rings (SSSR count). The van der Waals surface area contributed by atoms with Gasteiger partial charge in [-0.15, -0.1) is 0 Å². The van der Waals surface area contributed by atoms with E-state index in [1.807, 2.05) is 36.4 Å². The number of nitrogens with one attached hydrogen (secondary N) is 2. The lowest BCUT2D eigenvalue weighted by Gasteiger charge is -2.12. The minimum absolute atomic E-state index is 0.0340. The number of nitrogens with zero attached hydrogens (tertiary/aromatic N) is 3. The van der Waals surface area contributed by atoms with E-state index in [1.54, 1.807) is 22.8 Å². The SMILES string of the molecule is O=S(=O)(NCCO)c1ccc(Nc2cc(-c3ccccc3)nc3c(Br)cnn23)cc1. The molecule has 2 aromatic carbocycles. The monoisotopic (exact) mass is 487 g/mol. The van der Waals surface area contributed by atoms with Crippen LogP contribution in [0.3, 0.4) is 0 Å². The van der Waals surface area contributed by atoms with E-state index in [9.17, 15) is 8.42 Å². The van der Waals surface area contributed by atoms with E-state index in [0.29, 0.717) is 17.2 Å². The summed E-state index contributed by atoms with van der Waals surface area (Å²) in [5.41, 5.74) is 3.09. The van der Waals surface area contributed by atoms with Gasteiger partial charge >= 0.3 is 0 Å². The van der Waals surface area contributed by atoms with Crippen molar-refractivity contribution in [2.45, 2.75) is 4.90 Å². The Morgan fingerprint density at radius 1 is 1.07 bits per heavy atom. The minimum atomic E-state index is -3.66. The molecule has 8 nitrogen and oxygen atoms in total. The topological polar surface area (TPSA) is 109 Å². The molecule has 0 aliphatic carbocycles. The van der Waals surface area contributed by atoms with Crippen LogP contribution >= 0.6 is 15.9 Å². The maximum absolute atomic E-state index is 12.2. The Labute approximate surface area is 181 Å². The number of aromatic nitrogens is 3. The molecule has 0 radical (unpaired) electrons. The first kappa shape index (κ1) is 20.5. The van der Waals surface area contributed by atoms with Gasteiger partial charge < -0.3 is 10.4 Å². The Morgan fingerprint density at radius 3 is 2.50 bits per heavy atom. The molecule has 0 aliphatic rings. The number of aliphatic hydroxyl groups is 1. The molecule has 4 aromatic rings. The fourth-order valence-corrected chi connectivity index (χ4v) is 4.28. The molecule has 30 heavy (non-hydrogen) atoms. The predicted molar refractivity (Wildman–Crippen MR) is 118 cm³/mol. The Bertz CT molecular complexity index is 1280. The number of fused-ring (bicyclic) bond motifs is 1. The van der Waals surface area contributed by atoms with Crippen molar-refractivity contribution in [2.24, 2.45) is 0 Å². The first-order valence-corrected chi connectivity index (χ1v) is 11.3. The summed E-state index contributed by atoms with van der Waals surface area (Å²) in [6.07, 6.45) is 1.67. The van der Waals surface area contributed by atoms with Gasteiger partial charge in [0.2, 0.25) is 10.0 Å². The zero-order chi connectivity index (χ0) is 21.1. The van der Waals surface area contributed by atoms with Crippen LogP contribution in [-0.2, 0) is 10.0 Å². The van der Waals surface area contributed by atoms with Gasteiger partial charge in [0.1, 0.15) is 5.82 Å². The summed E-state index contributed by atoms with van der Waals surface area (Å²) in [5.74, 6) is 0.679. The molecule has 0 saturated carbocycles. The summed E-state index contributed by atoms with van der Waals surface area (Å²) in [6.45, 7) is -0.298. The Hall–Kier alpha value is -2.79. The van der Waals surface area contributed by atoms with Gasteiger partial charge in [0, 0.05) is 23.9 Å². The Kier molecular flexibility index (Phi) is 5.82. The van der Waals surface area contributed by atoms with Crippen LogP contribution in [0, 0.1) is 0 Å². The lowest BCUT2D eigenvalue weighted by Crippen LogP contribution is -2.26. The fraction of sp³-hybridized carbons (Fsp3) is 0.100. The van der Waals surface area contributed by atoms with Crippen molar-refractivity contribution in [3.05, 3.63) is 71.3 Å². The van der Waals surface area contributed by atoms with Crippen LogP contribution in [-0.4, -0.2) is 41.3 Å². The molecule has 2 aromatic heterocycles. The maximum Gasteiger partial charge on any atom is 0.240 e. The van der Waals surface area contributed by atoms with Crippen LogP contribution in [0.4, 0.5) is 11.5 Å². The van der Waals surface area contributed by atoms with Gasteiger partial charge in [-0.2, -0.15) is 9.61 Å². The zero-order valence-electron chi connectivity index (χ0n) is 15.7. The minimum Gasteiger partial charge on any atom is -0.395 e. The van der Waals surface area contributed by atoms with Gasteiger partial charge in [-0.1, -0.05) is 30.3 Å². The average Bonchev–Trinajstić information content (AvgIpc) is 3.14. The van der Waals surface area contributed by atoms with E-state index in [-0.39, 0.29) is 18.0 Å². The van der Waals surface area contributed by atoms with Crippen LogP contribution in [0.2, 0.25) is 0 Å². The molecule has 154 valence electrons. The largest absolute Gasteiger partial charge is 0.395 e. The molecule has 0 saturated heterocycles. The van der Waals surface area contributed by atoms with E-state index in [1.165, 1.54) is 12.1 Å². The number of rotatable bonds is 7. The highest BCUT2D eigenvalue weighted by Crippen LogP contribution is 2.27. The first-order valence-electron chi connectivity index (χ1n) is 9.05. The molecule has 0 spiro atoms. The quantitative estimate of drug-likeness (QED) is 0.369. The molecule has 10 heteroatoms. The Morgan fingerprint density at radius 2 is 1.80 bits per heavy atom. The van der Waals surface area contributed by atoms with E-state index < -0.39 is 10.0 Å². The van der Waals surface area contributed by atoms with Crippen LogP contribution in [0.1, 0.15) is 0 Å². The van der Waals surface area contributed by atoms with Crippen molar-refractivity contribution in [2.75, 3.05) is 18.5 Å². The number of aliphatic hydroxyl groups excluding tert-OH is 1. The zero-order valence-corrected chi connectivity index (χ0v) is 18.1. The third kappa shape index (κ3) is 4.21. The molecule has 0 bridgehead atoms. The van der Waals surface area contributed by atoms with E-state index in [4.69, 9.17) is 5.11 Å². The van der Waals surface area contributed by atoms with E-state index in [2.05, 4.69) is 36.1 Å². The molecular weight excluding hydrogens is 470 g/mol. The van der Waals surface area contributed by atoms with Gasteiger partial charge in [-0.3, -0.25) is 0 Å². The fourth-order valence-electron chi connectivity index (χ4n) is 2.91. The van der Waals surface area contributed by atoms with Gasteiger partial charge in [0.05, 0.1) is 27.9 Å². The summed E-state index contributed by atoms with van der Waals surface area (Å²) in [5, 5.41) is 16.5. The van der Waals surface area contributed by atoms with E-state index >= 15 is 0 Å². The van der Waals surface area contributed by atoms with Crippen molar-refractivity contribution in [1.29, 1.82) is 0 Å². The van der Waals surface area contributed by atoms with Gasteiger partial charge in [0.15, 0.2) is 5.65 Å². The molecule has 3 N–H and O–H groups in total. The summed E-state index contributed by atoms with van der Waals surface area (Å²) in [4.78, 5) is 4.81. The standard InChI is InChI=1S/C20H18BrN5O3S/c21-17-13-22-26-19(12-18(25-20(17)26)14-4-2-1-3-5-14)24-15-6-8-16(9-7-15)30(28,29)23-10-11-27/h1-9,12-13,23-24,27H,10-11H2. The number of hydrogen-bond donors (Lipinski definition) is 3. The molecule has 0 atom stereocenters. The lowest BCUT2D eigenvalue weighted by molar-refractivity contribution is 0.301. The summed E-state index contributed by atoms with van der Waals surface area (Å²) < 4.78 is 29.1. The van der Waals surface area contributed by atoms with Crippen LogP contribution in [0.15, 0.2) is 76.2 Å². The second-order valence-corrected chi connectivity index (χ2v) is 9.01. The first-order chi connectivity index (χ1) is 14.5. The number of halogens is 1. The number of anilines is 2. The van der Waals surface area contributed by atoms with Crippen LogP contribution in [0.5, 0.6) is 0 Å². The predicted octanol–water partition coefficient (Wildman–Crippen LogP) is 3.17. The molecule has 0 fully saturated rings. The van der Waals surface area contributed by atoms with Crippen molar-refractivity contribution in [1.82, 2.24) is 19.3 Å². The van der Waals surface area contributed by atoms with Crippen LogP contribution in [0.25, 0.3) is 16.9 Å². The third-order valence-corrected chi connectivity index (χ3v) is 6.38. The van der Waals surface area contributed by atoms with Crippen molar-refractivity contribution < 1.29 is 13.5 Å². The normalized spacial score (nSPS) is 11.7. The third-order valence-electron chi connectivity index (χ3n) is 4.34. The van der Waals surface area contributed by atoms with E-state index in [0.717, 1.165) is 15.7 Å².